The number of aromatic nitrogens is 2. The number of hydrogen-bond acceptors (Lipinski definition) is 2. The minimum atomic E-state index is 0.443. The second-order valence-electron chi connectivity index (χ2n) is 5.16. The van der Waals surface area contributed by atoms with Crippen LogP contribution in [0.1, 0.15) is 36.6 Å². The molecule has 102 valence electrons. The third-order valence-corrected chi connectivity index (χ3v) is 4.20. The molecule has 1 N–H and O–H groups in total. The number of halogens is 1. The average Bonchev–Trinajstić information content (AvgIpc) is 2.73. The molecule has 0 amide bonds. The fraction of sp³-hybridized carbons (Fsp3) is 0.400. The van der Waals surface area contributed by atoms with Crippen LogP contribution in [0.25, 0.3) is 0 Å². The lowest BCUT2D eigenvalue weighted by atomic mass is 10.1. The van der Waals surface area contributed by atoms with Gasteiger partial charge in [0.15, 0.2) is 0 Å². The molecule has 3 nitrogen and oxygen atoms in total. The van der Waals surface area contributed by atoms with Crippen LogP contribution >= 0.6 is 15.9 Å². The van der Waals surface area contributed by atoms with Gasteiger partial charge in [-0.1, -0.05) is 26.0 Å². The number of aryl methyl sites for hydroxylation is 2. The predicted molar refractivity (Wildman–Crippen MR) is 83.5 cm³/mol. The second kappa shape index (κ2) is 5.78. The Morgan fingerprint density at radius 3 is 2.79 bits per heavy atom. The van der Waals surface area contributed by atoms with Gasteiger partial charge in [0.2, 0.25) is 0 Å². The van der Waals surface area contributed by atoms with Crippen LogP contribution in [-0.4, -0.2) is 9.78 Å². The minimum Gasteiger partial charge on any atom is -0.380 e. The largest absolute Gasteiger partial charge is 0.380 e. The third kappa shape index (κ3) is 3.18. The van der Waals surface area contributed by atoms with Gasteiger partial charge in [0, 0.05) is 35.5 Å². The van der Waals surface area contributed by atoms with Crippen molar-refractivity contribution in [2.45, 2.75) is 33.2 Å². The van der Waals surface area contributed by atoms with Gasteiger partial charge < -0.3 is 5.32 Å². The van der Waals surface area contributed by atoms with Crippen LogP contribution in [0.4, 0.5) is 5.69 Å². The Labute approximate surface area is 123 Å². The number of benzene rings is 1. The van der Waals surface area contributed by atoms with E-state index in [0.29, 0.717) is 5.92 Å². The summed E-state index contributed by atoms with van der Waals surface area (Å²) in [6.07, 6.45) is 2.09. The van der Waals surface area contributed by atoms with Gasteiger partial charge in [-0.15, -0.1) is 0 Å². The maximum Gasteiger partial charge on any atom is 0.0699 e. The Balaban J connectivity index is 2.17. The number of nitrogens with one attached hydrogen (secondary N) is 1. The van der Waals surface area contributed by atoms with E-state index >= 15 is 0 Å². The van der Waals surface area contributed by atoms with Crippen molar-refractivity contribution in [3.8, 4) is 0 Å². The zero-order valence-corrected chi connectivity index (χ0v) is 13.5. The lowest BCUT2D eigenvalue weighted by molar-refractivity contribution is 0.712. The summed E-state index contributed by atoms with van der Waals surface area (Å²) in [4.78, 5) is 0. The highest BCUT2D eigenvalue weighted by atomic mass is 79.9. The van der Waals surface area contributed by atoms with Crippen LogP contribution in [0, 0.1) is 6.92 Å². The summed E-state index contributed by atoms with van der Waals surface area (Å²) in [5, 5.41) is 8.01. The van der Waals surface area contributed by atoms with Crippen molar-refractivity contribution in [3.05, 3.63) is 45.7 Å². The Bertz CT molecular complexity index is 573. The molecule has 0 spiro atoms. The zero-order valence-electron chi connectivity index (χ0n) is 11.9. The summed E-state index contributed by atoms with van der Waals surface area (Å²) in [7, 11) is 1.97. The monoisotopic (exact) mass is 321 g/mol. The van der Waals surface area contributed by atoms with Gasteiger partial charge in [-0.2, -0.15) is 5.10 Å². The number of anilines is 1. The highest BCUT2D eigenvalue weighted by molar-refractivity contribution is 9.10. The van der Waals surface area contributed by atoms with E-state index in [2.05, 4.69) is 71.5 Å². The van der Waals surface area contributed by atoms with Gasteiger partial charge in [-0.05, 0) is 40.4 Å². The molecule has 0 unspecified atom stereocenters. The maximum atomic E-state index is 4.53. The number of hydrogen-bond donors (Lipinski definition) is 1. The molecule has 0 aliphatic rings. The van der Waals surface area contributed by atoms with Crippen molar-refractivity contribution in [1.29, 1.82) is 0 Å². The highest BCUT2D eigenvalue weighted by Gasteiger charge is 2.11. The van der Waals surface area contributed by atoms with Crippen molar-refractivity contribution in [3.63, 3.8) is 0 Å². The van der Waals surface area contributed by atoms with Gasteiger partial charge in [0.05, 0.1) is 5.69 Å². The van der Waals surface area contributed by atoms with Crippen molar-refractivity contribution in [2.75, 3.05) is 5.32 Å². The molecule has 1 aromatic heterocycles. The molecule has 1 aromatic carbocycles. The SMILES string of the molecule is Cc1cccc(NCc2cn(C)nc2C(C)C)c1Br. The first-order chi connectivity index (χ1) is 8.99. The van der Waals surface area contributed by atoms with Crippen molar-refractivity contribution in [1.82, 2.24) is 9.78 Å². The highest BCUT2D eigenvalue weighted by Crippen LogP contribution is 2.27. The Morgan fingerprint density at radius 1 is 1.37 bits per heavy atom. The molecule has 0 atom stereocenters. The molecule has 0 saturated heterocycles. The molecular weight excluding hydrogens is 302 g/mol. The summed E-state index contributed by atoms with van der Waals surface area (Å²) >= 11 is 3.62. The average molecular weight is 322 g/mol. The molecule has 19 heavy (non-hydrogen) atoms. The van der Waals surface area contributed by atoms with Crippen LogP contribution in [0.3, 0.4) is 0 Å². The summed E-state index contributed by atoms with van der Waals surface area (Å²) in [6, 6.07) is 6.25. The van der Waals surface area contributed by atoms with E-state index in [1.54, 1.807) is 0 Å². The molecule has 0 radical (unpaired) electrons. The lowest BCUT2D eigenvalue weighted by Crippen LogP contribution is -2.03. The van der Waals surface area contributed by atoms with E-state index in [-0.39, 0.29) is 0 Å². The van der Waals surface area contributed by atoms with Gasteiger partial charge in [0.25, 0.3) is 0 Å². The molecule has 1 heterocycles. The maximum absolute atomic E-state index is 4.53. The minimum absolute atomic E-state index is 0.443. The van der Waals surface area contributed by atoms with Crippen LogP contribution < -0.4 is 5.32 Å². The standard InChI is InChI=1S/C15H20BrN3/c1-10(2)15-12(9-19(4)18-15)8-17-13-7-5-6-11(3)14(13)16/h5-7,9-10,17H,8H2,1-4H3. The molecular formula is C15H20BrN3. The van der Waals surface area contributed by atoms with Crippen LogP contribution in [0.5, 0.6) is 0 Å². The summed E-state index contributed by atoms with van der Waals surface area (Å²) in [5.41, 5.74) is 4.78. The Kier molecular flexibility index (Phi) is 4.30. The van der Waals surface area contributed by atoms with E-state index in [4.69, 9.17) is 0 Å². The van der Waals surface area contributed by atoms with Gasteiger partial charge >= 0.3 is 0 Å². The third-order valence-electron chi connectivity index (χ3n) is 3.15. The van der Waals surface area contributed by atoms with Crippen molar-refractivity contribution < 1.29 is 0 Å². The second-order valence-corrected chi connectivity index (χ2v) is 5.95. The molecule has 0 saturated carbocycles. The fourth-order valence-electron chi connectivity index (χ4n) is 2.15. The van der Waals surface area contributed by atoms with E-state index < -0.39 is 0 Å². The smallest absolute Gasteiger partial charge is 0.0699 e. The first-order valence-electron chi connectivity index (χ1n) is 6.50. The lowest BCUT2D eigenvalue weighted by Gasteiger charge is -2.11. The fourth-order valence-corrected chi connectivity index (χ4v) is 2.56. The van der Waals surface area contributed by atoms with Crippen LogP contribution in [0.15, 0.2) is 28.9 Å². The molecule has 2 rings (SSSR count). The molecule has 0 fully saturated rings. The molecule has 4 heteroatoms. The van der Waals surface area contributed by atoms with Gasteiger partial charge in [-0.3, -0.25) is 4.68 Å². The quantitative estimate of drug-likeness (QED) is 0.913. The Morgan fingerprint density at radius 2 is 2.11 bits per heavy atom. The molecule has 0 aliphatic carbocycles. The van der Waals surface area contributed by atoms with E-state index in [1.807, 2.05) is 11.7 Å². The summed E-state index contributed by atoms with van der Waals surface area (Å²) in [6.45, 7) is 7.24. The topological polar surface area (TPSA) is 29.9 Å². The van der Waals surface area contributed by atoms with E-state index in [9.17, 15) is 0 Å². The van der Waals surface area contributed by atoms with Crippen molar-refractivity contribution >= 4 is 21.6 Å². The normalized spacial score (nSPS) is 11.1. The van der Waals surface area contributed by atoms with Crippen LogP contribution in [-0.2, 0) is 13.6 Å². The van der Waals surface area contributed by atoms with Crippen molar-refractivity contribution in [2.24, 2.45) is 7.05 Å². The predicted octanol–water partition coefficient (Wildman–Crippen LogP) is 4.23. The zero-order chi connectivity index (χ0) is 14.0. The van der Waals surface area contributed by atoms with E-state index in [1.165, 1.54) is 16.8 Å². The summed E-state index contributed by atoms with van der Waals surface area (Å²) in [5.74, 6) is 0.443. The Hall–Kier alpha value is -1.29. The molecule has 2 aromatic rings. The van der Waals surface area contributed by atoms with Gasteiger partial charge in [-0.25, -0.2) is 0 Å². The summed E-state index contributed by atoms with van der Waals surface area (Å²) < 4.78 is 3.02. The first kappa shape index (κ1) is 14.1. The van der Waals surface area contributed by atoms with Crippen LogP contribution in [0.2, 0.25) is 0 Å². The first-order valence-corrected chi connectivity index (χ1v) is 7.29. The van der Waals surface area contributed by atoms with E-state index in [0.717, 1.165) is 16.7 Å². The van der Waals surface area contributed by atoms with Gasteiger partial charge in [0.1, 0.15) is 0 Å². The number of rotatable bonds is 4. The molecule has 0 bridgehead atoms. The number of nitrogens with zero attached hydrogens (tertiary/aromatic N) is 2. The molecule has 0 aliphatic heterocycles.